The number of carbonyl (C=O) groups excluding carboxylic acids is 1. The maximum absolute atomic E-state index is 13.7. The predicted octanol–water partition coefficient (Wildman–Crippen LogP) is 1.25. The Labute approximate surface area is 111 Å². The van der Waals surface area contributed by atoms with Gasteiger partial charge >= 0.3 is 0 Å². The van der Waals surface area contributed by atoms with Crippen molar-refractivity contribution < 1.29 is 14.3 Å². The minimum Gasteiger partial charge on any atom is -0.399 e. The molecule has 0 aromatic heterocycles. The third kappa shape index (κ3) is 2.08. The van der Waals surface area contributed by atoms with Gasteiger partial charge in [-0.25, -0.2) is 4.39 Å². The van der Waals surface area contributed by atoms with Crippen molar-refractivity contribution >= 4 is 11.6 Å². The lowest BCUT2D eigenvalue weighted by atomic mass is 10.00. The van der Waals surface area contributed by atoms with Crippen molar-refractivity contribution in [2.45, 2.75) is 18.9 Å². The van der Waals surface area contributed by atoms with Gasteiger partial charge in [-0.3, -0.25) is 4.79 Å². The van der Waals surface area contributed by atoms with Crippen molar-refractivity contribution in [1.82, 2.24) is 4.90 Å². The Kier molecular flexibility index (Phi) is 2.93. The van der Waals surface area contributed by atoms with E-state index in [1.54, 1.807) is 4.90 Å². The van der Waals surface area contributed by atoms with Gasteiger partial charge < -0.3 is 15.7 Å². The van der Waals surface area contributed by atoms with Crippen LogP contribution in [-0.4, -0.2) is 35.1 Å². The van der Waals surface area contributed by atoms with Crippen molar-refractivity contribution in [2.75, 3.05) is 18.8 Å². The van der Waals surface area contributed by atoms with Gasteiger partial charge in [0.05, 0.1) is 11.7 Å². The molecule has 1 aromatic rings. The number of halogens is 1. The van der Waals surface area contributed by atoms with E-state index in [-0.39, 0.29) is 23.5 Å². The average Bonchev–Trinajstić information content (AvgIpc) is 2.94. The zero-order chi connectivity index (χ0) is 13.6. The van der Waals surface area contributed by atoms with Crippen molar-refractivity contribution in [3.05, 3.63) is 29.6 Å². The summed E-state index contributed by atoms with van der Waals surface area (Å²) in [4.78, 5) is 13.9. The van der Waals surface area contributed by atoms with Crippen LogP contribution in [0.25, 0.3) is 0 Å². The number of rotatable bonds is 1. The van der Waals surface area contributed by atoms with Crippen LogP contribution >= 0.6 is 0 Å². The van der Waals surface area contributed by atoms with E-state index in [0.717, 1.165) is 12.8 Å². The number of likely N-dealkylation sites (tertiary alicyclic amines) is 1. The number of benzene rings is 1. The summed E-state index contributed by atoms with van der Waals surface area (Å²) >= 11 is 0. The van der Waals surface area contributed by atoms with E-state index in [2.05, 4.69) is 0 Å². The van der Waals surface area contributed by atoms with E-state index < -0.39 is 5.82 Å². The maximum atomic E-state index is 13.7. The molecule has 1 amide bonds. The molecule has 4 nitrogen and oxygen atoms in total. The first-order valence-electron chi connectivity index (χ1n) is 6.58. The summed E-state index contributed by atoms with van der Waals surface area (Å²) in [6.45, 7) is 1.12. The first-order chi connectivity index (χ1) is 9.06. The lowest BCUT2D eigenvalue weighted by Crippen LogP contribution is -2.31. The van der Waals surface area contributed by atoms with Gasteiger partial charge in [0.2, 0.25) is 0 Å². The lowest BCUT2D eigenvalue weighted by molar-refractivity contribution is 0.0748. The SMILES string of the molecule is Nc1ccc(F)c(C(=O)N2CC3CCC(O)C3C2)c1. The van der Waals surface area contributed by atoms with Crippen molar-refractivity contribution in [3.63, 3.8) is 0 Å². The van der Waals surface area contributed by atoms with Crippen LogP contribution in [0.15, 0.2) is 18.2 Å². The molecular weight excluding hydrogens is 247 g/mol. The third-order valence-corrected chi connectivity index (χ3v) is 4.33. The van der Waals surface area contributed by atoms with Gasteiger partial charge in [0.15, 0.2) is 0 Å². The molecule has 102 valence electrons. The molecule has 5 heteroatoms. The number of fused-ring (bicyclic) bond motifs is 1. The van der Waals surface area contributed by atoms with Gasteiger partial charge in [-0.2, -0.15) is 0 Å². The number of carbonyl (C=O) groups is 1. The summed E-state index contributed by atoms with van der Waals surface area (Å²) in [6, 6.07) is 4.03. The largest absolute Gasteiger partial charge is 0.399 e. The third-order valence-electron chi connectivity index (χ3n) is 4.33. The summed E-state index contributed by atoms with van der Waals surface area (Å²) in [6.07, 6.45) is 1.42. The van der Waals surface area contributed by atoms with Crippen LogP contribution in [0.3, 0.4) is 0 Å². The van der Waals surface area contributed by atoms with E-state index in [1.807, 2.05) is 0 Å². The normalized spacial score (nSPS) is 29.6. The molecule has 19 heavy (non-hydrogen) atoms. The second-order valence-electron chi connectivity index (χ2n) is 5.52. The van der Waals surface area contributed by atoms with Crippen LogP contribution in [-0.2, 0) is 0 Å². The van der Waals surface area contributed by atoms with Crippen LogP contribution in [0.4, 0.5) is 10.1 Å². The van der Waals surface area contributed by atoms with E-state index >= 15 is 0 Å². The molecule has 0 radical (unpaired) electrons. The smallest absolute Gasteiger partial charge is 0.256 e. The van der Waals surface area contributed by atoms with E-state index in [9.17, 15) is 14.3 Å². The van der Waals surface area contributed by atoms with Crippen LogP contribution in [0.2, 0.25) is 0 Å². The molecule has 2 fully saturated rings. The summed E-state index contributed by atoms with van der Waals surface area (Å²) in [7, 11) is 0. The molecule has 1 saturated heterocycles. The number of nitrogens with two attached hydrogens (primary N) is 1. The molecule has 3 atom stereocenters. The molecule has 0 bridgehead atoms. The predicted molar refractivity (Wildman–Crippen MR) is 68.9 cm³/mol. The van der Waals surface area contributed by atoms with E-state index in [1.165, 1.54) is 18.2 Å². The summed E-state index contributed by atoms with van der Waals surface area (Å²) < 4.78 is 13.7. The fourth-order valence-corrected chi connectivity index (χ4v) is 3.28. The molecule has 1 aliphatic carbocycles. The molecule has 3 rings (SSSR count). The second-order valence-corrected chi connectivity index (χ2v) is 5.52. The number of amides is 1. The molecule has 2 aliphatic rings. The number of nitrogens with zero attached hydrogens (tertiary/aromatic N) is 1. The molecule has 0 spiro atoms. The topological polar surface area (TPSA) is 66.6 Å². The zero-order valence-corrected chi connectivity index (χ0v) is 10.6. The lowest BCUT2D eigenvalue weighted by Gasteiger charge is -2.19. The fourth-order valence-electron chi connectivity index (χ4n) is 3.28. The highest BCUT2D eigenvalue weighted by atomic mass is 19.1. The van der Waals surface area contributed by atoms with Crippen molar-refractivity contribution in [2.24, 2.45) is 11.8 Å². The minimum absolute atomic E-state index is 0.0227. The highest BCUT2D eigenvalue weighted by Gasteiger charge is 2.43. The standard InChI is InChI=1S/C14H17FN2O2/c15-12-3-2-9(16)5-10(12)14(19)17-6-8-1-4-13(18)11(8)7-17/h2-3,5,8,11,13,18H,1,4,6-7,16H2. The van der Waals surface area contributed by atoms with Gasteiger partial charge in [-0.1, -0.05) is 0 Å². The van der Waals surface area contributed by atoms with Crippen molar-refractivity contribution in [3.8, 4) is 0 Å². The number of hydrogen-bond acceptors (Lipinski definition) is 3. The molecule has 1 aromatic carbocycles. The highest BCUT2D eigenvalue weighted by Crippen LogP contribution is 2.38. The Morgan fingerprint density at radius 1 is 1.37 bits per heavy atom. The molecule has 1 aliphatic heterocycles. The Bertz CT molecular complexity index is 520. The number of aliphatic hydroxyl groups excluding tert-OH is 1. The van der Waals surface area contributed by atoms with Crippen LogP contribution in [0, 0.1) is 17.7 Å². The first-order valence-corrected chi connectivity index (χ1v) is 6.58. The van der Waals surface area contributed by atoms with Gasteiger partial charge in [-0.05, 0) is 37.0 Å². The number of hydrogen-bond donors (Lipinski definition) is 2. The van der Waals surface area contributed by atoms with Gasteiger partial charge in [0, 0.05) is 24.7 Å². The molecular formula is C14H17FN2O2. The fraction of sp³-hybridized carbons (Fsp3) is 0.500. The Hall–Kier alpha value is -1.62. The van der Waals surface area contributed by atoms with Crippen molar-refractivity contribution in [1.29, 1.82) is 0 Å². The Morgan fingerprint density at radius 3 is 2.89 bits per heavy atom. The summed E-state index contributed by atoms with van der Waals surface area (Å²) in [5.74, 6) is -0.376. The zero-order valence-electron chi connectivity index (χ0n) is 10.6. The van der Waals surface area contributed by atoms with Gasteiger partial charge in [0.1, 0.15) is 5.82 Å². The number of anilines is 1. The van der Waals surface area contributed by atoms with Crippen LogP contribution in [0.1, 0.15) is 23.2 Å². The van der Waals surface area contributed by atoms with Crippen LogP contribution in [0.5, 0.6) is 0 Å². The average molecular weight is 264 g/mol. The second kappa shape index (κ2) is 4.49. The minimum atomic E-state index is -0.545. The summed E-state index contributed by atoms with van der Waals surface area (Å²) in [5.41, 5.74) is 6.00. The van der Waals surface area contributed by atoms with E-state index in [4.69, 9.17) is 5.73 Å². The van der Waals surface area contributed by atoms with Gasteiger partial charge in [-0.15, -0.1) is 0 Å². The molecule has 3 unspecified atom stereocenters. The van der Waals surface area contributed by atoms with E-state index in [0.29, 0.717) is 24.7 Å². The Morgan fingerprint density at radius 2 is 2.16 bits per heavy atom. The molecule has 3 N–H and O–H groups in total. The number of nitrogen functional groups attached to an aromatic ring is 1. The highest BCUT2D eigenvalue weighted by molar-refractivity contribution is 5.95. The summed E-state index contributed by atoms with van der Waals surface area (Å²) in [5, 5.41) is 9.84. The molecule has 1 heterocycles. The molecule has 1 saturated carbocycles. The quantitative estimate of drug-likeness (QED) is 0.750. The first kappa shape index (κ1) is 12.4. The van der Waals surface area contributed by atoms with Gasteiger partial charge in [0.25, 0.3) is 5.91 Å². The Balaban J connectivity index is 1.80. The van der Waals surface area contributed by atoms with Crippen LogP contribution < -0.4 is 5.73 Å². The monoisotopic (exact) mass is 264 g/mol. The maximum Gasteiger partial charge on any atom is 0.256 e. The number of aliphatic hydroxyl groups is 1.